The van der Waals surface area contributed by atoms with Crippen molar-refractivity contribution in [2.24, 2.45) is 9.98 Å². The van der Waals surface area contributed by atoms with Crippen molar-refractivity contribution in [3.63, 3.8) is 0 Å². The third kappa shape index (κ3) is 5.28. The highest BCUT2D eigenvalue weighted by atomic mass is 16.5. The second kappa shape index (κ2) is 12.6. The van der Waals surface area contributed by atoms with Gasteiger partial charge in [-0.05, 0) is 52.6 Å². The van der Waals surface area contributed by atoms with Crippen molar-refractivity contribution in [1.82, 2.24) is 0 Å². The smallest absolute Gasteiger partial charge is 0.265 e. The number of carbonyl (C=O) groups is 2. The van der Waals surface area contributed by atoms with E-state index in [-0.39, 0.29) is 31.1 Å². The third-order valence-electron chi connectivity index (χ3n) is 9.79. The molecule has 10 heteroatoms. The highest BCUT2D eigenvalue weighted by molar-refractivity contribution is 6.16. The second-order valence-electron chi connectivity index (χ2n) is 12.9. The van der Waals surface area contributed by atoms with E-state index in [0.29, 0.717) is 57.6 Å². The first-order chi connectivity index (χ1) is 25.5. The lowest BCUT2D eigenvalue weighted by molar-refractivity contribution is 0.0982. The average Bonchev–Trinajstić information content (AvgIpc) is 3.67. The fourth-order valence-corrected chi connectivity index (χ4v) is 7.26. The summed E-state index contributed by atoms with van der Waals surface area (Å²) in [5, 5.41) is 0. The fourth-order valence-electron chi connectivity index (χ4n) is 7.26. The topological polar surface area (TPSA) is 102 Å². The molecular formula is C42H32N4O6. The minimum absolute atomic E-state index is 0.118. The molecule has 256 valence electrons. The Morgan fingerprint density at radius 2 is 1.33 bits per heavy atom. The molecule has 5 aromatic rings. The van der Waals surface area contributed by atoms with Gasteiger partial charge in [0, 0.05) is 42.7 Å². The molecule has 0 spiro atoms. The highest BCUT2D eigenvalue weighted by Gasteiger charge is 2.37. The SMILES string of the molecule is COc1cc2c(cc1OCc1cccc(COc3cc4c(cc3OC)C(=O)N3c5ccccc5C[C@H]3C=N4)c1)N=C=C1Cc3ccccc3N1C2=O. The van der Waals surface area contributed by atoms with Crippen LogP contribution < -0.4 is 28.7 Å². The standard InChI is InChI=1S/C42H32N4O6/c1-49-37-17-31-33(43-21-29-15-27-10-3-5-12-35(27)45(29)41(31)47)19-39(37)51-23-25-8-7-9-26(14-25)24-52-40-20-34-32(18-38(40)50-2)42(48)46-30(22-44-34)16-28-11-4-6-13-36(28)46/h3-14,17-21,29H,15-16,23-24H2,1-2H3/t29-/m0/s1. The molecule has 0 aromatic heterocycles. The van der Waals surface area contributed by atoms with E-state index in [1.54, 1.807) is 43.4 Å². The van der Waals surface area contributed by atoms with E-state index < -0.39 is 0 Å². The Bertz CT molecular complexity index is 2410. The van der Waals surface area contributed by atoms with Crippen LogP contribution in [-0.2, 0) is 26.1 Å². The Morgan fingerprint density at radius 3 is 2.04 bits per heavy atom. The molecule has 0 aliphatic carbocycles. The van der Waals surface area contributed by atoms with Gasteiger partial charge in [-0.15, -0.1) is 0 Å². The van der Waals surface area contributed by atoms with Gasteiger partial charge in [0.15, 0.2) is 23.0 Å². The molecule has 0 unspecified atom stereocenters. The minimum Gasteiger partial charge on any atom is -0.493 e. The molecule has 0 bridgehead atoms. The first-order valence-corrected chi connectivity index (χ1v) is 17.0. The van der Waals surface area contributed by atoms with Crippen LogP contribution in [-0.4, -0.2) is 44.2 Å². The maximum Gasteiger partial charge on any atom is 0.265 e. The summed E-state index contributed by atoms with van der Waals surface area (Å²) in [5.41, 5.74) is 8.35. The largest absolute Gasteiger partial charge is 0.493 e. The molecule has 4 heterocycles. The number of ether oxygens (including phenoxy) is 4. The highest BCUT2D eigenvalue weighted by Crippen LogP contribution is 2.43. The number of benzene rings is 5. The molecule has 1 atom stereocenters. The van der Waals surface area contributed by atoms with Gasteiger partial charge in [0.05, 0.1) is 54.1 Å². The lowest BCUT2D eigenvalue weighted by atomic mass is 10.1. The number of allylic oxidation sites excluding steroid dienone is 1. The van der Waals surface area contributed by atoms with Crippen LogP contribution in [0.25, 0.3) is 0 Å². The van der Waals surface area contributed by atoms with Crippen LogP contribution in [0.1, 0.15) is 43.0 Å². The first kappa shape index (κ1) is 31.3. The van der Waals surface area contributed by atoms with Crippen LogP contribution in [0.4, 0.5) is 22.7 Å². The van der Waals surface area contributed by atoms with E-state index in [4.69, 9.17) is 23.9 Å². The number of hydrogen-bond acceptors (Lipinski definition) is 8. The van der Waals surface area contributed by atoms with Gasteiger partial charge in [-0.25, -0.2) is 4.99 Å². The van der Waals surface area contributed by atoms with Gasteiger partial charge < -0.3 is 18.9 Å². The van der Waals surface area contributed by atoms with Crippen molar-refractivity contribution in [1.29, 1.82) is 0 Å². The Balaban J connectivity index is 0.914. The van der Waals surface area contributed by atoms with Gasteiger partial charge in [-0.1, -0.05) is 54.6 Å². The van der Waals surface area contributed by atoms with Crippen molar-refractivity contribution in [3.8, 4) is 23.0 Å². The van der Waals surface area contributed by atoms with Crippen LogP contribution in [0.5, 0.6) is 23.0 Å². The predicted octanol–water partition coefficient (Wildman–Crippen LogP) is 7.55. The number of rotatable bonds is 8. The summed E-state index contributed by atoms with van der Waals surface area (Å²) < 4.78 is 23.8. The Hall–Kier alpha value is -6.64. The summed E-state index contributed by atoms with van der Waals surface area (Å²) in [7, 11) is 3.11. The molecule has 0 saturated heterocycles. The molecule has 0 fully saturated rings. The van der Waals surface area contributed by atoms with Crippen LogP contribution in [0, 0.1) is 0 Å². The molecule has 4 aliphatic rings. The van der Waals surface area contributed by atoms with Crippen molar-refractivity contribution >= 4 is 46.6 Å². The number of anilines is 2. The number of hydrogen-bond donors (Lipinski definition) is 0. The maximum absolute atomic E-state index is 13.8. The van der Waals surface area contributed by atoms with Crippen molar-refractivity contribution in [3.05, 3.63) is 136 Å². The van der Waals surface area contributed by atoms with Gasteiger partial charge in [-0.3, -0.25) is 24.4 Å². The molecule has 10 nitrogen and oxygen atoms in total. The van der Waals surface area contributed by atoms with E-state index in [1.165, 1.54) is 0 Å². The Labute approximate surface area is 299 Å². The molecule has 2 amide bonds. The number of carbonyl (C=O) groups excluding carboxylic acids is 2. The normalized spacial score (nSPS) is 16.1. The Morgan fingerprint density at radius 1 is 0.692 bits per heavy atom. The summed E-state index contributed by atoms with van der Waals surface area (Å²) >= 11 is 0. The van der Waals surface area contributed by atoms with Gasteiger partial charge in [0.1, 0.15) is 13.2 Å². The molecule has 0 saturated carbocycles. The van der Waals surface area contributed by atoms with Crippen molar-refractivity contribution < 1.29 is 28.5 Å². The lowest BCUT2D eigenvalue weighted by Gasteiger charge is -2.22. The van der Waals surface area contributed by atoms with Gasteiger partial charge >= 0.3 is 0 Å². The molecule has 0 radical (unpaired) electrons. The van der Waals surface area contributed by atoms with Crippen molar-refractivity contribution in [2.45, 2.75) is 32.1 Å². The van der Waals surface area contributed by atoms with Crippen LogP contribution in [0.15, 0.2) is 113 Å². The molecule has 5 aromatic carbocycles. The molecule has 4 aliphatic heterocycles. The number of nitrogens with zero attached hydrogens (tertiary/aromatic N) is 4. The van der Waals surface area contributed by atoms with E-state index in [0.717, 1.165) is 40.0 Å². The van der Waals surface area contributed by atoms with Crippen LogP contribution >= 0.6 is 0 Å². The zero-order valence-corrected chi connectivity index (χ0v) is 28.5. The molecule has 9 rings (SSSR count). The van der Waals surface area contributed by atoms with Crippen molar-refractivity contribution in [2.75, 3.05) is 24.0 Å². The third-order valence-corrected chi connectivity index (χ3v) is 9.79. The van der Waals surface area contributed by atoms with E-state index >= 15 is 0 Å². The van der Waals surface area contributed by atoms with Gasteiger partial charge in [-0.2, -0.15) is 0 Å². The number of methoxy groups -OCH3 is 2. The van der Waals surface area contributed by atoms with Gasteiger partial charge in [0.25, 0.3) is 11.8 Å². The minimum atomic E-state index is -0.183. The summed E-state index contributed by atoms with van der Waals surface area (Å²) in [5.74, 6) is 4.62. The fraction of sp³-hybridized carbons (Fsp3) is 0.167. The zero-order chi connectivity index (χ0) is 35.3. The zero-order valence-electron chi connectivity index (χ0n) is 28.5. The number of amides is 2. The molecule has 52 heavy (non-hydrogen) atoms. The van der Waals surface area contributed by atoms with Crippen LogP contribution in [0.3, 0.4) is 0 Å². The summed E-state index contributed by atoms with van der Waals surface area (Å²) in [4.78, 5) is 40.2. The van der Waals surface area contributed by atoms with Gasteiger partial charge in [0.2, 0.25) is 0 Å². The first-order valence-electron chi connectivity index (χ1n) is 17.0. The summed E-state index contributed by atoms with van der Waals surface area (Å²) in [6.45, 7) is 0.483. The Kier molecular flexibility index (Phi) is 7.60. The quantitative estimate of drug-likeness (QED) is 0.167. The maximum atomic E-state index is 13.8. The van der Waals surface area contributed by atoms with E-state index in [1.807, 2.05) is 77.8 Å². The van der Waals surface area contributed by atoms with E-state index in [9.17, 15) is 9.59 Å². The second-order valence-corrected chi connectivity index (χ2v) is 12.9. The number of para-hydroxylation sites is 2. The summed E-state index contributed by atoms with van der Waals surface area (Å²) in [6.07, 6.45) is 3.15. The number of fused-ring (bicyclic) bond motifs is 8. The monoisotopic (exact) mass is 688 g/mol. The average molecular weight is 689 g/mol. The van der Waals surface area contributed by atoms with E-state index in [2.05, 4.69) is 16.9 Å². The number of aliphatic imine (C=N–C) groups is 2. The molecule has 0 N–H and O–H groups in total. The lowest BCUT2D eigenvalue weighted by Crippen LogP contribution is -2.37. The molecular weight excluding hydrogens is 656 g/mol. The summed E-state index contributed by atoms with van der Waals surface area (Å²) in [6, 6.07) is 30.4. The van der Waals surface area contributed by atoms with Crippen LogP contribution in [0.2, 0.25) is 0 Å². The predicted molar refractivity (Wildman–Crippen MR) is 198 cm³/mol.